The highest BCUT2D eigenvalue weighted by molar-refractivity contribution is 6.04. The van der Waals surface area contributed by atoms with Crippen LogP contribution in [0.1, 0.15) is 16.1 Å². The molecule has 0 saturated carbocycles. The Morgan fingerprint density at radius 1 is 1.33 bits per heavy atom. The molecular weight excluding hydrogens is 270 g/mol. The predicted molar refractivity (Wildman–Crippen MR) is 76.8 cm³/mol. The van der Waals surface area contributed by atoms with Gasteiger partial charge in [-0.15, -0.1) is 0 Å². The van der Waals surface area contributed by atoms with E-state index in [0.717, 1.165) is 16.6 Å². The molecular formula is C14H15N5O2. The van der Waals surface area contributed by atoms with Crippen LogP contribution in [0.3, 0.4) is 0 Å². The number of aryl methyl sites for hydroxylation is 3. The van der Waals surface area contributed by atoms with Crippen molar-refractivity contribution in [3.05, 3.63) is 29.7 Å². The van der Waals surface area contributed by atoms with Gasteiger partial charge < -0.3 is 4.74 Å². The molecule has 3 aromatic rings. The lowest BCUT2D eigenvalue weighted by atomic mass is 10.1. The first kappa shape index (κ1) is 13.3. The summed E-state index contributed by atoms with van der Waals surface area (Å²) in [5, 5.41) is 9.19. The quantitative estimate of drug-likeness (QED) is 0.666. The molecule has 0 amide bonds. The minimum atomic E-state index is -0.399. The van der Waals surface area contributed by atoms with Crippen molar-refractivity contribution in [2.75, 3.05) is 7.11 Å². The van der Waals surface area contributed by atoms with Gasteiger partial charge in [0.2, 0.25) is 0 Å². The fourth-order valence-electron chi connectivity index (χ4n) is 2.42. The van der Waals surface area contributed by atoms with Crippen molar-refractivity contribution in [2.24, 2.45) is 14.1 Å². The molecule has 7 nitrogen and oxygen atoms in total. The lowest BCUT2D eigenvalue weighted by Crippen LogP contribution is -2.04. The summed E-state index contributed by atoms with van der Waals surface area (Å²) in [6.45, 7) is 1.85. The van der Waals surface area contributed by atoms with Crippen LogP contribution < -0.4 is 0 Å². The molecule has 0 atom stereocenters. The van der Waals surface area contributed by atoms with E-state index in [9.17, 15) is 4.79 Å². The Bertz CT molecular complexity index is 847. The standard InChI is InChI=1S/C14H15N5O2/c1-8-12-10(14(20)21-4)5-11(9-6-15-18(2)7-9)16-13(12)19(3)17-8/h5-7H,1-4H3. The Kier molecular flexibility index (Phi) is 2.97. The van der Waals surface area contributed by atoms with E-state index in [1.54, 1.807) is 28.7 Å². The third-order valence-corrected chi connectivity index (χ3v) is 3.37. The van der Waals surface area contributed by atoms with Crippen molar-refractivity contribution in [3.63, 3.8) is 0 Å². The summed E-state index contributed by atoms with van der Waals surface area (Å²) >= 11 is 0. The second kappa shape index (κ2) is 4.69. The SMILES string of the molecule is COC(=O)c1cc(-c2cnn(C)c2)nc2c1c(C)nn2C. The van der Waals surface area contributed by atoms with Gasteiger partial charge in [-0.05, 0) is 13.0 Å². The van der Waals surface area contributed by atoms with Crippen LogP contribution in [0.2, 0.25) is 0 Å². The zero-order valence-electron chi connectivity index (χ0n) is 12.3. The van der Waals surface area contributed by atoms with Crippen molar-refractivity contribution < 1.29 is 9.53 Å². The lowest BCUT2D eigenvalue weighted by Gasteiger charge is -2.05. The number of carbonyl (C=O) groups is 1. The van der Waals surface area contributed by atoms with Crippen molar-refractivity contribution >= 4 is 17.0 Å². The van der Waals surface area contributed by atoms with E-state index in [4.69, 9.17) is 4.74 Å². The Hall–Kier alpha value is -2.70. The van der Waals surface area contributed by atoms with Crippen LogP contribution >= 0.6 is 0 Å². The summed E-state index contributed by atoms with van der Waals surface area (Å²) < 4.78 is 8.23. The molecule has 0 radical (unpaired) electrons. The maximum absolute atomic E-state index is 12.1. The number of hydrogen-bond donors (Lipinski definition) is 0. The molecule has 3 heterocycles. The smallest absolute Gasteiger partial charge is 0.338 e. The van der Waals surface area contributed by atoms with Gasteiger partial charge in [-0.3, -0.25) is 9.36 Å². The number of aromatic nitrogens is 5. The molecule has 0 aliphatic rings. The monoisotopic (exact) mass is 285 g/mol. The van der Waals surface area contributed by atoms with E-state index in [1.807, 2.05) is 20.2 Å². The van der Waals surface area contributed by atoms with Gasteiger partial charge in [0.25, 0.3) is 0 Å². The molecule has 0 aromatic carbocycles. The van der Waals surface area contributed by atoms with Crippen LogP contribution in [0.5, 0.6) is 0 Å². The van der Waals surface area contributed by atoms with Crippen LogP contribution in [-0.2, 0) is 18.8 Å². The lowest BCUT2D eigenvalue weighted by molar-refractivity contribution is 0.0603. The maximum atomic E-state index is 12.1. The number of carbonyl (C=O) groups excluding carboxylic acids is 1. The summed E-state index contributed by atoms with van der Waals surface area (Å²) in [5.74, 6) is -0.399. The number of esters is 1. The topological polar surface area (TPSA) is 74.8 Å². The minimum Gasteiger partial charge on any atom is -0.465 e. The third-order valence-electron chi connectivity index (χ3n) is 3.37. The Morgan fingerprint density at radius 2 is 2.10 bits per heavy atom. The molecule has 0 saturated heterocycles. The van der Waals surface area contributed by atoms with Crippen LogP contribution in [0.4, 0.5) is 0 Å². The highest BCUT2D eigenvalue weighted by Crippen LogP contribution is 2.26. The van der Waals surface area contributed by atoms with E-state index < -0.39 is 5.97 Å². The Balaban J connectivity index is 2.33. The van der Waals surface area contributed by atoms with Crippen LogP contribution in [0.25, 0.3) is 22.3 Å². The van der Waals surface area contributed by atoms with Gasteiger partial charge in [0.15, 0.2) is 5.65 Å². The maximum Gasteiger partial charge on any atom is 0.338 e. The van der Waals surface area contributed by atoms with Gasteiger partial charge in [-0.1, -0.05) is 0 Å². The van der Waals surface area contributed by atoms with Crippen molar-refractivity contribution in [1.29, 1.82) is 0 Å². The second-order valence-corrected chi connectivity index (χ2v) is 4.86. The molecule has 3 rings (SSSR count). The van der Waals surface area contributed by atoms with Gasteiger partial charge in [-0.2, -0.15) is 10.2 Å². The first-order valence-corrected chi connectivity index (χ1v) is 6.43. The summed E-state index contributed by atoms with van der Waals surface area (Å²) in [6, 6.07) is 1.72. The minimum absolute atomic E-state index is 0.399. The van der Waals surface area contributed by atoms with Crippen molar-refractivity contribution in [2.45, 2.75) is 6.92 Å². The van der Waals surface area contributed by atoms with Crippen LogP contribution in [-0.4, -0.2) is 37.6 Å². The van der Waals surface area contributed by atoms with E-state index >= 15 is 0 Å². The van der Waals surface area contributed by atoms with E-state index in [2.05, 4.69) is 15.2 Å². The molecule has 0 N–H and O–H groups in total. The Labute approximate surface area is 121 Å². The number of rotatable bonds is 2. The first-order valence-electron chi connectivity index (χ1n) is 6.43. The predicted octanol–water partition coefficient (Wildman–Crippen LogP) is 1.46. The van der Waals surface area contributed by atoms with Crippen LogP contribution in [0, 0.1) is 6.92 Å². The largest absolute Gasteiger partial charge is 0.465 e. The number of pyridine rings is 1. The summed E-state index contributed by atoms with van der Waals surface area (Å²) in [5.41, 5.74) is 3.36. The summed E-state index contributed by atoms with van der Waals surface area (Å²) in [4.78, 5) is 16.7. The number of nitrogens with zero attached hydrogens (tertiary/aromatic N) is 5. The zero-order valence-corrected chi connectivity index (χ0v) is 12.3. The van der Waals surface area contributed by atoms with Gasteiger partial charge >= 0.3 is 5.97 Å². The molecule has 0 aliphatic carbocycles. The normalized spacial score (nSPS) is 11.0. The number of hydrogen-bond acceptors (Lipinski definition) is 5. The molecule has 3 aromatic heterocycles. The van der Waals surface area contributed by atoms with Gasteiger partial charge in [0.05, 0.1) is 35.6 Å². The highest BCUT2D eigenvalue weighted by Gasteiger charge is 2.19. The molecule has 21 heavy (non-hydrogen) atoms. The molecule has 108 valence electrons. The zero-order chi connectivity index (χ0) is 15.1. The second-order valence-electron chi connectivity index (χ2n) is 4.86. The Morgan fingerprint density at radius 3 is 2.71 bits per heavy atom. The molecule has 0 unspecified atom stereocenters. The summed E-state index contributed by atoms with van der Waals surface area (Å²) in [7, 11) is 5.00. The van der Waals surface area contributed by atoms with Crippen molar-refractivity contribution in [1.82, 2.24) is 24.5 Å². The molecule has 7 heteroatoms. The van der Waals surface area contributed by atoms with E-state index in [0.29, 0.717) is 16.9 Å². The summed E-state index contributed by atoms with van der Waals surface area (Å²) in [6.07, 6.45) is 3.55. The first-order chi connectivity index (χ1) is 10.0. The molecule has 0 spiro atoms. The average molecular weight is 285 g/mol. The third kappa shape index (κ3) is 2.06. The fourth-order valence-corrected chi connectivity index (χ4v) is 2.42. The van der Waals surface area contributed by atoms with Gasteiger partial charge in [0.1, 0.15) is 0 Å². The number of methoxy groups -OCH3 is 1. The fraction of sp³-hybridized carbons (Fsp3) is 0.286. The molecule has 0 aliphatic heterocycles. The van der Waals surface area contributed by atoms with Crippen LogP contribution in [0.15, 0.2) is 18.5 Å². The van der Waals surface area contributed by atoms with Gasteiger partial charge in [0, 0.05) is 25.9 Å². The highest BCUT2D eigenvalue weighted by atomic mass is 16.5. The van der Waals surface area contributed by atoms with E-state index in [1.165, 1.54) is 7.11 Å². The van der Waals surface area contributed by atoms with Crippen molar-refractivity contribution in [3.8, 4) is 11.3 Å². The number of ether oxygens (including phenoxy) is 1. The number of fused-ring (bicyclic) bond motifs is 1. The molecule has 0 bridgehead atoms. The van der Waals surface area contributed by atoms with E-state index in [-0.39, 0.29) is 0 Å². The van der Waals surface area contributed by atoms with Gasteiger partial charge in [-0.25, -0.2) is 9.78 Å². The average Bonchev–Trinajstić information content (AvgIpc) is 3.02. The molecule has 0 fully saturated rings.